The summed E-state index contributed by atoms with van der Waals surface area (Å²) in [5.74, 6) is 0.218. The fourth-order valence-corrected chi connectivity index (χ4v) is 4.07. The van der Waals surface area contributed by atoms with Crippen molar-refractivity contribution >= 4 is 38.1 Å². The topological polar surface area (TPSA) is 40.3 Å². The summed E-state index contributed by atoms with van der Waals surface area (Å²) in [5.41, 5.74) is 2.09. The summed E-state index contributed by atoms with van der Waals surface area (Å²) in [7, 11) is 0. The van der Waals surface area contributed by atoms with Gasteiger partial charge in [-0.05, 0) is 28.1 Å². The van der Waals surface area contributed by atoms with Crippen molar-refractivity contribution < 1.29 is 10.0 Å². The molecule has 1 fully saturated rings. The monoisotopic (exact) mass is 452 g/mol. The third kappa shape index (κ3) is 4.59. The zero-order valence-corrected chi connectivity index (χ0v) is 16.4. The van der Waals surface area contributed by atoms with E-state index >= 15 is 0 Å². The van der Waals surface area contributed by atoms with Crippen LogP contribution in [-0.4, -0.2) is 42.5 Å². The van der Waals surface area contributed by atoms with Crippen LogP contribution in [-0.2, 0) is 6.54 Å². The van der Waals surface area contributed by atoms with Crippen molar-refractivity contribution in [3.8, 4) is 5.75 Å². The molecule has 0 spiro atoms. The minimum atomic E-state index is 0.218. The van der Waals surface area contributed by atoms with Gasteiger partial charge in [0.15, 0.2) is 0 Å². The molecule has 0 unspecified atom stereocenters. The van der Waals surface area contributed by atoms with Gasteiger partial charge in [0, 0.05) is 15.6 Å². The van der Waals surface area contributed by atoms with Crippen LogP contribution >= 0.6 is 31.9 Å². The predicted octanol–water partition coefficient (Wildman–Crippen LogP) is 2.65. The van der Waals surface area contributed by atoms with Crippen LogP contribution in [0.1, 0.15) is 11.1 Å². The lowest BCUT2D eigenvalue weighted by Crippen LogP contribution is -3.13. The maximum atomic E-state index is 10.1. The lowest BCUT2D eigenvalue weighted by atomic mass is 10.2. The molecule has 1 heterocycles. The number of hydrazone groups is 1. The highest BCUT2D eigenvalue weighted by molar-refractivity contribution is 9.11. The van der Waals surface area contributed by atoms with E-state index in [9.17, 15) is 5.11 Å². The highest BCUT2D eigenvalue weighted by Crippen LogP contribution is 2.30. The fraction of sp³-hybridized carbons (Fsp3) is 0.278. The molecule has 1 aliphatic heterocycles. The first kappa shape index (κ1) is 17.5. The number of phenols is 1. The molecule has 0 amide bonds. The number of aromatic hydroxyl groups is 1. The van der Waals surface area contributed by atoms with Gasteiger partial charge in [0.05, 0.1) is 36.9 Å². The van der Waals surface area contributed by atoms with Crippen LogP contribution in [0.15, 0.2) is 56.5 Å². The lowest BCUT2D eigenvalue weighted by molar-refractivity contribution is -0.918. The van der Waals surface area contributed by atoms with Crippen molar-refractivity contribution in [3.63, 3.8) is 0 Å². The standard InChI is InChI=1S/C18H19Br2N3O/c19-16-10-15(18(24)17(20)11-16)12-21-23-8-6-22(7-9-23)13-14-4-2-1-3-5-14/h1-5,10-12,24H,6-9,13H2/p+1/b21-12+. The van der Waals surface area contributed by atoms with Gasteiger partial charge in [-0.3, -0.25) is 5.01 Å². The fourth-order valence-electron chi connectivity index (χ4n) is 2.82. The number of hydrogen-bond acceptors (Lipinski definition) is 3. The van der Waals surface area contributed by atoms with E-state index in [1.54, 1.807) is 11.1 Å². The van der Waals surface area contributed by atoms with Crippen LogP contribution in [0.3, 0.4) is 0 Å². The maximum Gasteiger partial charge on any atom is 0.138 e. The number of phenolic OH excluding ortho intramolecular Hbond substituents is 1. The Hall–Kier alpha value is -1.37. The van der Waals surface area contributed by atoms with E-state index in [1.165, 1.54) is 5.56 Å². The van der Waals surface area contributed by atoms with Crippen molar-refractivity contribution in [1.29, 1.82) is 0 Å². The summed E-state index contributed by atoms with van der Waals surface area (Å²) in [6.45, 7) is 5.06. The average molecular weight is 454 g/mol. The van der Waals surface area contributed by atoms with Crippen LogP contribution in [0.5, 0.6) is 5.75 Å². The minimum absolute atomic E-state index is 0.218. The number of nitrogens with one attached hydrogen (secondary N) is 1. The number of benzene rings is 2. The number of nitrogens with zero attached hydrogens (tertiary/aromatic N) is 2. The molecule has 0 atom stereocenters. The molecule has 2 N–H and O–H groups in total. The number of piperazine rings is 1. The quantitative estimate of drug-likeness (QED) is 0.698. The normalized spacial score (nSPS) is 16.0. The molecule has 0 aromatic heterocycles. The molecule has 1 aliphatic rings. The molecular weight excluding hydrogens is 434 g/mol. The van der Waals surface area contributed by atoms with Gasteiger partial charge in [-0.2, -0.15) is 5.10 Å². The Balaban J connectivity index is 1.56. The van der Waals surface area contributed by atoms with Gasteiger partial charge in [-0.1, -0.05) is 46.3 Å². The van der Waals surface area contributed by atoms with Crippen molar-refractivity contribution in [1.82, 2.24) is 5.01 Å². The van der Waals surface area contributed by atoms with Crippen molar-refractivity contribution in [2.24, 2.45) is 5.10 Å². The van der Waals surface area contributed by atoms with Gasteiger partial charge < -0.3 is 10.0 Å². The van der Waals surface area contributed by atoms with Gasteiger partial charge in [0.2, 0.25) is 0 Å². The van der Waals surface area contributed by atoms with E-state index in [0.29, 0.717) is 10.0 Å². The second-order valence-corrected chi connectivity index (χ2v) is 7.71. The third-order valence-corrected chi connectivity index (χ3v) is 5.22. The van der Waals surface area contributed by atoms with E-state index in [0.717, 1.165) is 37.2 Å². The molecule has 3 rings (SSSR count). The third-order valence-electron chi connectivity index (χ3n) is 4.16. The highest BCUT2D eigenvalue weighted by Gasteiger charge is 2.18. The van der Waals surface area contributed by atoms with E-state index in [2.05, 4.69) is 72.3 Å². The smallest absolute Gasteiger partial charge is 0.138 e. The Labute approximate surface area is 159 Å². The summed E-state index contributed by atoms with van der Waals surface area (Å²) in [5, 5.41) is 16.7. The second-order valence-electron chi connectivity index (χ2n) is 5.94. The molecule has 6 heteroatoms. The Morgan fingerprint density at radius 2 is 1.83 bits per heavy atom. The molecule has 0 saturated carbocycles. The van der Waals surface area contributed by atoms with Gasteiger partial charge in [-0.15, -0.1) is 0 Å². The molecule has 4 nitrogen and oxygen atoms in total. The molecule has 24 heavy (non-hydrogen) atoms. The molecule has 0 radical (unpaired) electrons. The van der Waals surface area contributed by atoms with Crippen LogP contribution in [0.2, 0.25) is 0 Å². The minimum Gasteiger partial charge on any atom is -0.506 e. The van der Waals surface area contributed by atoms with Gasteiger partial charge >= 0.3 is 0 Å². The first-order chi connectivity index (χ1) is 11.6. The van der Waals surface area contributed by atoms with Crippen molar-refractivity contribution in [3.05, 3.63) is 62.5 Å². The highest BCUT2D eigenvalue weighted by atomic mass is 79.9. The molecule has 0 aliphatic carbocycles. The summed E-state index contributed by atoms with van der Waals surface area (Å²) < 4.78 is 1.57. The van der Waals surface area contributed by atoms with Crippen LogP contribution < -0.4 is 4.90 Å². The Bertz CT molecular complexity index is 714. The van der Waals surface area contributed by atoms with E-state index in [-0.39, 0.29) is 5.75 Å². The second kappa shape index (κ2) is 8.14. The zero-order valence-electron chi connectivity index (χ0n) is 13.3. The Kier molecular flexibility index (Phi) is 5.92. The Morgan fingerprint density at radius 3 is 2.54 bits per heavy atom. The van der Waals surface area contributed by atoms with Gasteiger partial charge in [0.1, 0.15) is 12.3 Å². The Morgan fingerprint density at radius 1 is 1.12 bits per heavy atom. The molecule has 1 saturated heterocycles. The lowest BCUT2D eigenvalue weighted by Gasteiger charge is -2.30. The molecule has 126 valence electrons. The van der Waals surface area contributed by atoms with Gasteiger partial charge in [-0.25, -0.2) is 0 Å². The first-order valence-electron chi connectivity index (χ1n) is 7.96. The van der Waals surface area contributed by atoms with E-state index in [1.807, 2.05) is 12.1 Å². The van der Waals surface area contributed by atoms with Crippen LogP contribution in [0.25, 0.3) is 0 Å². The van der Waals surface area contributed by atoms with Gasteiger partial charge in [0.25, 0.3) is 0 Å². The molecule has 2 aromatic carbocycles. The van der Waals surface area contributed by atoms with E-state index < -0.39 is 0 Å². The zero-order chi connectivity index (χ0) is 16.9. The van der Waals surface area contributed by atoms with E-state index in [4.69, 9.17) is 0 Å². The molecular formula is C18H20Br2N3O+. The summed E-state index contributed by atoms with van der Waals surface area (Å²) in [4.78, 5) is 1.58. The number of hydrogen-bond donors (Lipinski definition) is 2. The van der Waals surface area contributed by atoms with Crippen LogP contribution in [0.4, 0.5) is 0 Å². The molecule has 2 aromatic rings. The first-order valence-corrected chi connectivity index (χ1v) is 9.55. The summed E-state index contributed by atoms with van der Waals surface area (Å²) in [6, 6.07) is 14.3. The maximum absolute atomic E-state index is 10.1. The largest absolute Gasteiger partial charge is 0.506 e. The average Bonchev–Trinajstić information content (AvgIpc) is 2.59. The number of quaternary nitrogens is 1. The molecule has 0 bridgehead atoms. The number of rotatable bonds is 4. The van der Waals surface area contributed by atoms with Crippen molar-refractivity contribution in [2.75, 3.05) is 26.2 Å². The summed E-state index contributed by atoms with van der Waals surface area (Å²) in [6.07, 6.45) is 1.73. The van der Waals surface area contributed by atoms with Crippen molar-refractivity contribution in [2.45, 2.75) is 6.54 Å². The van der Waals surface area contributed by atoms with Crippen LogP contribution in [0, 0.1) is 0 Å². The SMILES string of the molecule is Oc1c(Br)cc(Br)cc1/C=N/N1CC[NH+](Cc2ccccc2)CC1. The number of halogens is 2. The summed E-state index contributed by atoms with van der Waals surface area (Å²) >= 11 is 6.78. The predicted molar refractivity (Wildman–Crippen MR) is 104 cm³/mol.